The summed E-state index contributed by atoms with van der Waals surface area (Å²) in [5, 5.41) is 18.5. The molecule has 0 saturated carbocycles. The van der Waals surface area contributed by atoms with Gasteiger partial charge >= 0.3 is 11.9 Å². The molecule has 0 aromatic heterocycles. The number of hydrogen-bond donors (Lipinski definition) is 2. The molecule has 0 aliphatic carbocycles. The monoisotopic (exact) mass is 292 g/mol. The van der Waals surface area contributed by atoms with Crippen LogP contribution in [-0.4, -0.2) is 22.2 Å². The Hall–Kier alpha value is -1.84. The molecule has 1 aromatic rings. The summed E-state index contributed by atoms with van der Waals surface area (Å²) in [6.45, 7) is 6.20. The molecular weight excluding hydrogens is 268 g/mol. The topological polar surface area (TPSA) is 74.6 Å². The molecular formula is C17H24O4. The van der Waals surface area contributed by atoms with Gasteiger partial charge in [0.2, 0.25) is 0 Å². The molecule has 0 heterocycles. The quantitative estimate of drug-likeness (QED) is 0.706. The third-order valence-corrected chi connectivity index (χ3v) is 3.70. The highest BCUT2D eigenvalue weighted by Gasteiger charge is 2.21. The molecule has 4 nitrogen and oxygen atoms in total. The van der Waals surface area contributed by atoms with E-state index in [1.807, 2.05) is 6.92 Å². The second-order valence-corrected chi connectivity index (χ2v) is 5.89. The number of aromatic carboxylic acids is 2. The van der Waals surface area contributed by atoms with Crippen molar-refractivity contribution in [1.29, 1.82) is 0 Å². The van der Waals surface area contributed by atoms with E-state index in [1.54, 1.807) is 6.07 Å². The van der Waals surface area contributed by atoms with Gasteiger partial charge in [-0.1, -0.05) is 39.2 Å². The molecule has 0 aliphatic heterocycles. The first-order valence-corrected chi connectivity index (χ1v) is 7.43. The van der Waals surface area contributed by atoms with Gasteiger partial charge in [0.25, 0.3) is 0 Å². The van der Waals surface area contributed by atoms with Gasteiger partial charge in [-0.3, -0.25) is 0 Å². The highest BCUT2D eigenvalue weighted by atomic mass is 16.4. The zero-order valence-electron chi connectivity index (χ0n) is 13.0. The van der Waals surface area contributed by atoms with Crippen LogP contribution >= 0.6 is 0 Å². The second-order valence-electron chi connectivity index (χ2n) is 5.89. The lowest BCUT2D eigenvalue weighted by molar-refractivity contribution is 0.0650. The van der Waals surface area contributed by atoms with Gasteiger partial charge < -0.3 is 10.2 Å². The third-order valence-electron chi connectivity index (χ3n) is 3.70. The van der Waals surface area contributed by atoms with Gasteiger partial charge in [0.1, 0.15) is 0 Å². The van der Waals surface area contributed by atoms with E-state index in [0.717, 1.165) is 24.8 Å². The summed E-state index contributed by atoms with van der Waals surface area (Å²) < 4.78 is 0. The molecule has 116 valence electrons. The van der Waals surface area contributed by atoms with Gasteiger partial charge in [-0.25, -0.2) is 9.59 Å². The van der Waals surface area contributed by atoms with Crippen molar-refractivity contribution in [3.8, 4) is 0 Å². The molecule has 21 heavy (non-hydrogen) atoms. The van der Waals surface area contributed by atoms with Crippen molar-refractivity contribution in [2.45, 2.75) is 52.9 Å². The first kappa shape index (κ1) is 17.2. The first-order valence-electron chi connectivity index (χ1n) is 7.43. The number of carboxylic acid groups (broad SMARTS) is 2. The fourth-order valence-electron chi connectivity index (χ4n) is 2.53. The van der Waals surface area contributed by atoms with Crippen LogP contribution in [0.25, 0.3) is 0 Å². The molecule has 0 radical (unpaired) electrons. The molecule has 2 N–H and O–H groups in total. The van der Waals surface area contributed by atoms with Gasteiger partial charge in [-0.05, 0) is 42.9 Å². The van der Waals surface area contributed by atoms with E-state index in [1.165, 1.54) is 12.5 Å². The Balaban J connectivity index is 2.87. The molecule has 4 heteroatoms. The third kappa shape index (κ3) is 4.88. The van der Waals surface area contributed by atoms with Crippen molar-refractivity contribution < 1.29 is 19.8 Å². The molecule has 0 amide bonds. The van der Waals surface area contributed by atoms with Gasteiger partial charge in [0, 0.05) is 0 Å². The maximum atomic E-state index is 11.4. The summed E-state index contributed by atoms with van der Waals surface area (Å²) in [5.41, 5.74) is 1.34. The van der Waals surface area contributed by atoms with Crippen LogP contribution in [0.5, 0.6) is 0 Å². The zero-order chi connectivity index (χ0) is 16.0. The molecule has 0 fully saturated rings. The Morgan fingerprint density at radius 2 is 1.71 bits per heavy atom. The van der Waals surface area contributed by atoms with Crippen molar-refractivity contribution >= 4 is 11.9 Å². The van der Waals surface area contributed by atoms with Crippen molar-refractivity contribution in [1.82, 2.24) is 0 Å². The zero-order valence-corrected chi connectivity index (χ0v) is 13.0. The fraction of sp³-hybridized carbons (Fsp3) is 0.529. The van der Waals surface area contributed by atoms with E-state index in [0.29, 0.717) is 17.9 Å². The summed E-state index contributed by atoms with van der Waals surface area (Å²) >= 11 is 0. The molecule has 0 atom stereocenters. The van der Waals surface area contributed by atoms with E-state index < -0.39 is 11.9 Å². The van der Waals surface area contributed by atoms with Crippen LogP contribution in [0.15, 0.2) is 12.1 Å². The molecule has 0 aliphatic rings. The van der Waals surface area contributed by atoms with Crippen LogP contribution in [0.2, 0.25) is 0 Å². The van der Waals surface area contributed by atoms with Gasteiger partial charge in [-0.2, -0.15) is 0 Å². The number of benzene rings is 1. The van der Waals surface area contributed by atoms with Gasteiger partial charge in [0.05, 0.1) is 11.1 Å². The largest absolute Gasteiger partial charge is 0.478 e. The van der Waals surface area contributed by atoms with E-state index in [4.69, 9.17) is 5.11 Å². The van der Waals surface area contributed by atoms with E-state index in [9.17, 15) is 14.7 Å². The molecule has 1 aromatic carbocycles. The minimum absolute atomic E-state index is 0.0497. The molecule has 0 bridgehead atoms. The lowest BCUT2D eigenvalue weighted by Gasteiger charge is -2.12. The molecule has 0 saturated heterocycles. The van der Waals surface area contributed by atoms with Crippen LogP contribution in [-0.2, 0) is 6.42 Å². The Morgan fingerprint density at radius 1 is 1.05 bits per heavy atom. The molecule has 1 rings (SSSR count). The van der Waals surface area contributed by atoms with Crippen LogP contribution in [0.3, 0.4) is 0 Å². The van der Waals surface area contributed by atoms with E-state index in [2.05, 4.69) is 13.8 Å². The van der Waals surface area contributed by atoms with Crippen LogP contribution in [0.4, 0.5) is 0 Å². The van der Waals surface area contributed by atoms with Crippen molar-refractivity contribution in [3.05, 3.63) is 34.4 Å². The minimum atomic E-state index is -1.19. The summed E-state index contributed by atoms with van der Waals surface area (Å²) in [5.74, 6) is -1.67. The van der Waals surface area contributed by atoms with Crippen molar-refractivity contribution in [3.63, 3.8) is 0 Å². The Morgan fingerprint density at radius 3 is 2.24 bits per heavy atom. The highest BCUT2D eigenvalue weighted by Crippen LogP contribution is 2.22. The second kappa shape index (κ2) is 7.81. The summed E-state index contributed by atoms with van der Waals surface area (Å²) in [6, 6.07) is 3.07. The van der Waals surface area contributed by atoms with E-state index in [-0.39, 0.29) is 11.1 Å². The minimum Gasteiger partial charge on any atom is -0.478 e. The summed E-state index contributed by atoms with van der Waals surface area (Å²) in [4.78, 5) is 22.6. The number of rotatable bonds is 8. The maximum Gasteiger partial charge on any atom is 0.336 e. The SMILES string of the molecule is Cc1ccc(C(=O)O)c(C(=O)O)c1CCCCCC(C)C. The Bertz CT molecular complexity index is 518. The van der Waals surface area contributed by atoms with Crippen LogP contribution in [0.1, 0.15) is 71.4 Å². The average Bonchev–Trinajstić information content (AvgIpc) is 2.38. The van der Waals surface area contributed by atoms with Gasteiger partial charge in [-0.15, -0.1) is 0 Å². The molecule has 0 spiro atoms. The highest BCUT2D eigenvalue weighted by molar-refractivity contribution is 6.03. The Kier molecular flexibility index (Phi) is 6.40. The predicted octanol–water partition coefficient (Wildman–Crippen LogP) is 4.15. The lowest BCUT2D eigenvalue weighted by atomic mass is 9.92. The van der Waals surface area contributed by atoms with Crippen molar-refractivity contribution in [2.75, 3.05) is 0 Å². The van der Waals surface area contributed by atoms with Crippen LogP contribution < -0.4 is 0 Å². The van der Waals surface area contributed by atoms with Crippen molar-refractivity contribution in [2.24, 2.45) is 5.92 Å². The number of carbonyl (C=O) groups is 2. The standard InChI is InChI=1S/C17H24O4/c1-11(2)7-5-4-6-8-13-12(3)9-10-14(16(18)19)15(13)17(20)21/h9-11H,4-8H2,1-3H3,(H,18,19)(H,20,21). The summed E-state index contributed by atoms with van der Waals surface area (Å²) in [6.07, 6.45) is 4.83. The summed E-state index contributed by atoms with van der Waals surface area (Å²) in [7, 11) is 0. The first-order chi connectivity index (χ1) is 9.84. The normalized spacial score (nSPS) is 10.9. The number of carboxylic acids is 2. The average molecular weight is 292 g/mol. The predicted molar refractivity (Wildman–Crippen MR) is 82.1 cm³/mol. The number of hydrogen-bond acceptors (Lipinski definition) is 2. The maximum absolute atomic E-state index is 11.4. The van der Waals surface area contributed by atoms with Gasteiger partial charge in [0.15, 0.2) is 0 Å². The molecule has 0 unspecified atom stereocenters. The number of aryl methyl sites for hydroxylation is 1. The lowest BCUT2D eigenvalue weighted by Crippen LogP contribution is -2.13. The Labute approximate surface area is 125 Å². The smallest absolute Gasteiger partial charge is 0.336 e. The van der Waals surface area contributed by atoms with E-state index >= 15 is 0 Å². The van der Waals surface area contributed by atoms with Crippen LogP contribution in [0, 0.1) is 12.8 Å². The number of unbranched alkanes of at least 4 members (excludes halogenated alkanes) is 2. The fourth-order valence-corrected chi connectivity index (χ4v) is 2.53.